The summed E-state index contributed by atoms with van der Waals surface area (Å²) in [7, 11) is 0. The van der Waals surface area contributed by atoms with E-state index < -0.39 is 0 Å². The first kappa shape index (κ1) is 18.8. The molecule has 0 saturated carbocycles. The van der Waals surface area contributed by atoms with Crippen molar-refractivity contribution in [1.29, 1.82) is 0 Å². The van der Waals surface area contributed by atoms with E-state index in [0.29, 0.717) is 17.2 Å². The Morgan fingerprint density at radius 1 is 1.12 bits per heavy atom. The number of hydrogen-bond acceptors (Lipinski definition) is 2. The van der Waals surface area contributed by atoms with Crippen molar-refractivity contribution >= 4 is 28.7 Å². The highest BCUT2D eigenvalue weighted by atomic mass is 35.5. The lowest BCUT2D eigenvalue weighted by Gasteiger charge is -2.32. The van der Waals surface area contributed by atoms with Crippen molar-refractivity contribution in [3.63, 3.8) is 0 Å². The summed E-state index contributed by atoms with van der Waals surface area (Å²) in [5.41, 5.74) is 5.14. The van der Waals surface area contributed by atoms with Crippen molar-refractivity contribution in [2.45, 2.75) is 32.7 Å². The van der Waals surface area contributed by atoms with Crippen molar-refractivity contribution < 1.29 is 22.5 Å². The average Bonchev–Trinajstić information content (AvgIpc) is 2.70. The molecule has 0 saturated heterocycles. The van der Waals surface area contributed by atoms with Gasteiger partial charge in [-0.05, 0) is 29.2 Å². The van der Waals surface area contributed by atoms with E-state index in [2.05, 4.69) is 42.4 Å². The maximum atomic E-state index is 10.9. The molecule has 0 bridgehead atoms. The molecular formula is C21H22Cl2N2O. The number of para-hydroxylation sites is 2. The Hall–Kier alpha value is -1.97. The van der Waals surface area contributed by atoms with E-state index in [4.69, 9.17) is 11.6 Å². The van der Waals surface area contributed by atoms with E-state index in [1.807, 2.05) is 30.3 Å². The molecule has 1 aliphatic carbocycles. The molecule has 1 atom stereocenters. The lowest BCUT2D eigenvalue weighted by molar-refractivity contribution is -0.354. The van der Waals surface area contributed by atoms with Gasteiger partial charge in [0.15, 0.2) is 5.71 Å². The van der Waals surface area contributed by atoms with Crippen molar-refractivity contribution in [2.75, 3.05) is 5.32 Å². The largest absolute Gasteiger partial charge is 1.00 e. The van der Waals surface area contributed by atoms with Crippen molar-refractivity contribution in [2.24, 2.45) is 5.41 Å². The predicted octanol–water partition coefficient (Wildman–Crippen LogP) is 1.30. The zero-order valence-corrected chi connectivity index (χ0v) is 16.3. The fourth-order valence-electron chi connectivity index (χ4n) is 3.86. The molecule has 2 aromatic carbocycles. The van der Waals surface area contributed by atoms with Crippen LogP contribution in [0.25, 0.3) is 0 Å². The molecule has 0 amide bonds. The molecule has 4 rings (SSSR count). The van der Waals surface area contributed by atoms with Gasteiger partial charge in [-0.25, -0.2) is 4.99 Å². The molecule has 0 spiro atoms. The van der Waals surface area contributed by atoms with Gasteiger partial charge in [0.25, 0.3) is 0 Å². The number of benzene rings is 2. The van der Waals surface area contributed by atoms with Gasteiger partial charge in [0, 0.05) is 23.9 Å². The van der Waals surface area contributed by atoms with Crippen molar-refractivity contribution in [3.05, 3.63) is 70.4 Å². The standard InChI is InChI=1S/C21H21ClN2O.ClH/c1-21(2)11-17-19(18(25)12-21)20(13-6-5-7-14(22)10-13)24-16-9-4-3-8-15(16)23-17;/h3-10,20,24-25H,11-12H2,1-2H3;1H. The highest BCUT2D eigenvalue weighted by Gasteiger charge is 2.40. The van der Waals surface area contributed by atoms with Crippen molar-refractivity contribution in [3.8, 4) is 0 Å². The summed E-state index contributed by atoms with van der Waals surface area (Å²) in [5.74, 6) is 0.448. The van der Waals surface area contributed by atoms with Crippen LogP contribution in [-0.2, 0) is 0 Å². The number of anilines is 1. The van der Waals surface area contributed by atoms with E-state index in [1.165, 1.54) is 0 Å². The van der Waals surface area contributed by atoms with Gasteiger partial charge in [-0.2, -0.15) is 0 Å². The van der Waals surface area contributed by atoms with E-state index in [1.54, 1.807) is 0 Å². The molecule has 1 unspecified atom stereocenters. The van der Waals surface area contributed by atoms with Gasteiger partial charge in [-0.1, -0.05) is 49.7 Å². The Bertz CT molecular complexity index is 902. The van der Waals surface area contributed by atoms with Crippen LogP contribution in [0.4, 0.5) is 11.4 Å². The second kappa shape index (κ2) is 6.98. The molecule has 2 aliphatic rings. The third kappa shape index (κ3) is 3.46. The minimum absolute atomic E-state index is 0. The van der Waals surface area contributed by atoms with Gasteiger partial charge in [0.2, 0.25) is 5.69 Å². The second-order valence-corrected chi connectivity index (χ2v) is 8.10. The summed E-state index contributed by atoms with van der Waals surface area (Å²) < 4.78 is 0. The van der Waals surface area contributed by atoms with Gasteiger partial charge in [0.1, 0.15) is 11.4 Å². The van der Waals surface area contributed by atoms with Gasteiger partial charge in [-0.15, -0.1) is 0 Å². The van der Waals surface area contributed by atoms with Crippen LogP contribution in [0.1, 0.15) is 38.3 Å². The Morgan fingerprint density at radius 2 is 1.88 bits per heavy atom. The van der Waals surface area contributed by atoms with Gasteiger partial charge in [-0.3, -0.25) is 0 Å². The number of aliphatic hydroxyl groups is 1. The average molecular weight is 389 g/mol. The van der Waals surface area contributed by atoms with E-state index in [9.17, 15) is 5.11 Å². The molecule has 3 nitrogen and oxygen atoms in total. The molecule has 1 aliphatic heterocycles. The van der Waals surface area contributed by atoms with Crippen LogP contribution < -0.4 is 22.7 Å². The van der Waals surface area contributed by atoms with E-state index in [-0.39, 0.29) is 23.9 Å². The van der Waals surface area contributed by atoms with Crippen LogP contribution in [0.15, 0.2) is 59.9 Å². The topological polar surface area (TPSA) is 46.2 Å². The Labute approximate surface area is 165 Å². The summed E-state index contributed by atoms with van der Waals surface area (Å²) in [5, 5.41) is 15.2. The molecule has 0 fully saturated rings. The number of rotatable bonds is 1. The first-order valence-corrected chi connectivity index (χ1v) is 8.97. The number of allylic oxidation sites excluding steroid dienone is 1. The molecule has 0 aromatic heterocycles. The third-order valence-electron chi connectivity index (χ3n) is 4.92. The summed E-state index contributed by atoms with van der Waals surface area (Å²) >= 11 is 6.23. The van der Waals surface area contributed by atoms with Crippen LogP contribution in [0, 0.1) is 5.41 Å². The molecule has 0 radical (unpaired) electrons. The lowest BCUT2D eigenvalue weighted by atomic mass is 9.74. The highest BCUT2D eigenvalue weighted by Crippen LogP contribution is 2.42. The number of aliphatic hydroxyl groups excluding tert-OH is 1. The Morgan fingerprint density at radius 3 is 2.65 bits per heavy atom. The summed E-state index contributed by atoms with van der Waals surface area (Å²) in [6, 6.07) is 15.9. The Balaban J connectivity index is 0.00000196. The number of hydrogen-bond donors (Lipinski definition) is 3. The first-order chi connectivity index (χ1) is 11.9. The SMILES string of the molecule is CC1(C)CC2=[NH+]c3ccccc3NC(c3cccc(Cl)c3)C2=C(O)C1.[Cl-]. The highest BCUT2D eigenvalue weighted by molar-refractivity contribution is 6.30. The van der Waals surface area contributed by atoms with Crippen molar-refractivity contribution in [1.82, 2.24) is 0 Å². The molecule has 1 heterocycles. The van der Waals surface area contributed by atoms with Gasteiger partial charge < -0.3 is 22.8 Å². The minimum Gasteiger partial charge on any atom is -1.00 e. The van der Waals surface area contributed by atoms with Crippen LogP contribution >= 0.6 is 11.6 Å². The molecule has 26 heavy (non-hydrogen) atoms. The number of fused-ring (bicyclic) bond motifs is 2. The zero-order chi connectivity index (χ0) is 17.6. The fourth-order valence-corrected chi connectivity index (χ4v) is 4.05. The monoisotopic (exact) mass is 388 g/mol. The molecular weight excluding hydrogens is 367 g/mol. The Kier molecular flexibility index (Phi) is 5.05. The second-order valence-electron chi connectivity index (χ2n) is 7.66. The predicted molar refractivity (Wildman–Crippen MR) is 103 cm³/mol. The number of halogens is 2. The first-order valence-electron chi connectivity index (χ1n) is 8.59. The quantitative estimate of drug-likeness (QED) is 0.689. The van der Waals surface area contributed by atoms with E-state index >= 15 is 0 Å². The molecule has 5 heteroatoms. The van der Waals surface area contributed by atoms with Crippen LogP contribution in [0.3, 0.4) is 0 Å². The van der Waals surface area contributed by atoms with E-state index in [0.717, 1.165) is 34.6 Å². The molecule has 2 aromatic rings. The maximum absolute atomic E-state index is 10.9. The van der Waals surface area contributed by atoms with Gasteiger partial charge >= 0.3 is 0 Å². The lowest BCUT2D eigenvalue weighted by Crippen LogP contribution is -3.00. The smallest absolute Gasteiger partial charge is 0.227 e. The summed E-state index contributed by atoms with van der Waals surface area (Å²) in [6.45, 7) is 4.38. The molecule has 3 N–H and O–H groups in total. The zero-order valence-electron chi connectivity index (χ0n) is 14.8. The van der Waals surface area contributed by atoms with Crippen LogP contribution in [0.2, 0.25) is 5.02 Å². The maximum Gasteiger partial charge on any atom is 0.227 e. The summed E-state index contributed by atoms with van der Waals surface area (Å²) in [4.78, 5) is 3.57. The minimum atomic E-state index is -0.138. The summed E-state index contributed by atoms with van der Waals surface area (Å²) in [6.07, 6.45) is 1.56. The molecule has 136 valence electrons. The fraction of sp³-hybridized carbons (Fsp3) is 0.286. The van der Waals surface area contributed by atoms with Crippen LogP contribution in [0.5, 0.6) is 0 Å². The third-order valence-corrected chi connectivity index (χ3v) is 5.16. The normalized spacial score (nSPS) is 20.7. The number of nitrogens with one attached hydrogen (secondary N) is 2. The van der Waals surface area contributed by atoms with Gasteiger partial charge in [0.05, 0.1) is 11.6 Å². The van der Waals surface area contributed by atoms with Crippen LogP contribution in [-0.4, -0.2) is 10.8 Å².